The largest absolute Gasteiger partial charge is 0.361 e. The number of rotatable bonds is 6. The van der Waals surface area contributed by atoms with Crippen LogP contribution in [0.1, 0.15) is 47.0 Å². The molecule has 16 heavy (non-hydrogen) atoms. The quantitative estimate of drug-likeness (QED) is 0.701. The minimum atomic E-state index is -0.855. The fourth-order valence-electron chi connectivity index (χ4n) is 2.10. The molecule has 0 radical (unpaired) electrons. The van der Waals surface area contributed by atoms with E-state index in [9.17, 15) is 9.59 Å². The molecule has 2 N–H and O–H groups in total. The summed E-state index contributed by atoms with van der Waals surface area (Å²) in [6, 6.07) is 0.0787. The summed E-state index contributed by atoms with van der Waals surface area (Å²) in [7, 11) is 0. The Balaban J connectivity index is 4.75. The van der Waals surface area contributed by atoms with Crippen molar-refractivity contribution in [3.05, 3.63) is 0 Å². The van der Waals surface area contributed by atoms with Crippen LogP contribution >= 0.6 is 0 Å². The predicted molar refractivity (Wildman–Crippen MR) is 64.7 cm³/mol. The van der Waals surface area contributed by atoms with Gasteiger partial charge in [-0.3, -0.25) is 9.59 Å². The number of hydrogen-bond acceptors (Lipinski definition) is 2. The maximum absolute atomic E-state index is 11.7. The molecule has 0 aliphatic heterocycles. The molecule has 0 fully saturated rings. The third-order valence-corrected chi connectivity index (χ3v) is 3.16. The normalized spacial score (nSPS) is 12.6. The average molecular weight is 228 g/mol. The fraction of sp³-hybridized carbons (Fsp3) is 0.833. The third kappa shape index (κ3) is 3.83. The second-order valence-electron chi connectivity index (χ2n) is 4.18. The summed E-state index contributed by atoms with van der Waals surface area (Å²) < 4.78 is 0. The predicted octanol–water partition coefficient (Wildman–Crippen LogP) is 1.53. The van der Waals surface area contributed by atoms with Crippen LogP contribution in [-0.4, -0.2) is 29.3 Å². The van der Waals surface area contributed by atoms with Crippen LogP contribution < -0.4 is 5.73 Å². The maximum Gasteiger partial charge on any atom is 0.311 e. The number of carbonyl (C=O) groups is 2. The first-order chi connectivity index (χ1) is 7.49. The minimum absolute atomic E-state index is 0.0787. The first kappa shape index (κ1) is 14.9. The zero-order chi connectivity index (χ0) is 12.7. The molecule has 0 aromatic heterocycles. The van der Waals surface area contributed by atoms with Crippen molar-refractivity contribution in [3.63, 3.8) is 0 Å². The first-order valence-electron chi connectivity index (χ1n) is 6.09. The molecule has 1 unspecified atom stereocenters. The summed E-state index contributed by atoms with van der Waals surface area (Å²) in [5, 5.41) is 0. The number of primary amides is 1. The van der Waals surface area contributed by atoms with Gasteiger partial charge >= 0.3 is 11.8 Å². The molecule has 0 bridgehead atoms. The summed E-state index contributed by atoms with van der Waals surface area (Å²) in [4.78, 5) is 24.2. The molecular weight excluding hydrogens is 204 g/mol. The summed E-state index contributed by atoms with van der Waals surface area (Å²) >= 11 is 0. The highest BCUT2D eigenvalue weighted by molar-refractivity contribution is 6.34. The lowest BCUT2D eigenvalue weighted by atomic mass is 9.94. The van der Waals surface area contributed by atoms with Crippen molar-refractivity contribution in [1.82, 2.24) is 4.90 Å². The summed E-state index contributed by atoms with van der Waals surface area (Å²) in [6.45, 7) is 8.78. The van der Waals surface area contributed by atoms with Gasteiger partial charge in [-0.15, -0.1) is 0 Å². The molecule has 0 spiro atoms. The van der Waals surface area contributed by atoms with E-state index in [1.807, 2.05) is 13.8 Å². The first-order valence-corrected chi connectivity index (χ1v) is 6.09. The van der Waals surface area contributed by atoms with Gasteiger partial charge in [-0.2, -0.15) is 0 Å². The lowest BCUT2D eigenvalue weighted by molar-refractivity contribution is -0.146. The third-order valence-electron chi connectivity index (χ3n) is 3.16. The lowest BCUT2D eigenvalue weighted by Crippen LogP contribution is -2.48. The van der Waals surface area contributed by atoms with E-state index in [4.69, 9.17) is 5.73 Å². The molecule has 0 rings (SSSR count). The van der Waals surface area contributed by atoms with E-state index in [0.717, 1.165) is 19.3 Å². The number of nitrogens with two attached hydrogens (primary N) is 1. The van der Waals surface area contributed by atoms with Gasteiger partial charge in [-0.05, 0) is 19.3 Å². The van der Waals surface area contributed by atoms with E-state index in [2.05, 4.69) is 13.8 Å². The zero-order valence-corrected chi connectivity index (χ0v) is 10.8. The van der Waals surface area contributed by atoms with Crippen molar-refractivity contribution in [1.29, 1.82) is 0 Å². The highest BCUT2D eigenvalue weighted by Crippen LogP contribution is 2.18. The number of amides is 2. The van der Waals surface area contributed by atoms with E-state index in [0.29, 0.717) is 12.5 Å². The van der Waals surface area contributed by atoms with Gasteiger partial charge in [0.25, 0.3) is 0 Å². The SMILES string of the molecule is CCCN(C(=O)C(N)=O)C(C)C(CC)CC. The highest BCUT2D eigenvalue weighted by atomic mass is 16.2. The number of hydrogen-bond donors (Lipinski definition) is 1. The van der Waals surface area contributed by atoms with Gasteiger partial charge in [0, 0.05) is 12.6 Å². The molecule has 0 saturated carbocycles. The average Bonchev–Trinajstić information content (AvgIpc) is 2.26. The molecule has 0 aliphatic carbocycles. The molecule has 0 aromatic carbocycles. The smallest absolute Gasteiger partial charge is 0.311 e. The Morgan fingerprint density at radius 3 is 2.00 bits per heavy atom. The topological polar surface area (TPSA) is 63.4 Å². The molecule has 0 saturated heterocycles. The van der Waals surface area contributed by atoms with Crippen LogP contribution in [-0.2, 0) is 9.59 Å². The van der Waals surface area contributed by atoms with Crippen molar-refractivity contribution >= 4 is 11.8 Å². The van der Waals surface area contributed by atoms with Crippen LogP contribution in [0.4, 0.5) is 0 Å². The lowest BCUT2D eigenvalue weighted by Gasteiger charge is -2.33. The van der Waals surface area contributed by atoms with Crippen molar-refractivity contribution in [3.8, 4) is 0 Å². The Morgan fingerprint density at radius 1 is 1.19 bits per heavy atom. The molecular formula is C12H24N2O2. The summed E-state index contributed by atoms with van der Waals surface area (Å²) in [5.74, 6) is -0.984. The Morgan fingerprint density at radius 2 is 1.69 bits per heavy atom. The summed E-state index contributed by atoms with van der Waals surface area (Å²) in [6.07, 6.45) is 2.84. The van der Waals surface area contributed by atoms with Crippen molar-refractivity contribution < 1.29 is 9.59 Å². The van der Waals surface area contributed by atoms with Gasteiger partial charge in [-0.25, -0.2) is 0 Å². The second-order valence-corrected chi connectivity index (χ2v) is 4.18. The van der Waals surface area contributed by atoms with Crippen LogP contribution in [0.3, 0.4) is 0 Å². The summed E-state index contributed by atoms with van der Waals surface area (Å²) in [5.41, 5.74) is 5.06. The van der Waals surface area contributed by atoms with Gasteiger partial charge in [0.05, 0.1) is 0 Å². The molecule has 0 aromatic rings. The number of carbonyl (C=O) groups excluding carboxylic acids is 2. The van der Waals surface area contributed by atoms with Crippen LogP contribution in [0, 0.1) is 5.92 Å². The Kier molecular flexibility index (Phi) is 6.77. The van der Waals surface area contributed by atoms with Crippen molar-refractivity contribution in [2.45, 2.75) is 53.0 Å². The molecule has 0 heterocycles. The van der Waals surface area contributed by atoms with E-state index < -0.39 is 11.8 Å². The standard InChI is InChI=1S/C12H24N2O2/c1-5-8-14(12(16)11(13)15)9(4)10(6-2)7-3/h9-10H,5-8H2,1-4H3,(H2,13,15). The fourth-order valence-corrected chi connectivity index (χ4v) is 2.10. The van der Waals surface area contributed by atoms with Crippen LogP contribution in [0.5, 0.6) is 0 Å². The molecule has 2 amide bonds. The van der Waals surface area contributed by atoms with Gasteiger partial charge in [0.2, 0.25) is 0 Å². The van der Waals surface area contributed by atoms with Gasteiger partial charge in [-0.1, -0.05) is 33.6 Å². The zero-order valence-electron chi connectivity index (χ0n) is 10.8. The molecule has 4 nitrogen and oxygen atoms in total. The Hall–Kier alpha value is -1.06. The Labute approximate surface area is 98.2 Å². The van der Waals surface area contributed by atoms with E-state index in [-0.39, 0.29) is 6.04 Å². The van der Waals surface area contributed by atoms with Crippen LogP contribution in [0.15, 0.2) is 0 Å². The van der Waals surface area contributed by atoms with Crippen molar-refractivity contribution in [2.24, 2.45) is 11.7 Å². The van der Waals surface area contributed by atoms with E-state index in [1.54, 1.807) is 4.90 Å². The van der Waals surface area contributed by atoms with Gasteiger partial charge in [0.15, 0.2) is 0 Å². The van der Waals surface area contributed by atoms with Crippen molar-refractivity contribution in [2.75, 3.05) is 6.54 Å². The minimum Gasteiger partial charge on any atom is -0.361 e. The van der Waals surface area contributed by atoms with Crippen LogP contribution in [0.2, 0.25) is 0 Å². The molecule has 0 aliphatic rings. The van der Waals surface area contributed by atoms with Gasteiger partial charge < -0.3 is 10.6 Å². The van der Waals surface area contributed by atoms with Gasteiger partial charge in [0.1, 0.15) is 0 Å². The second kappa shape index (κ2) is 7.25. The van der Waals surface area contributed by atoms with E-state index >= 15 is 0 Å². The van der Waals surface area contributed by atoms with Crippen LogP contribution in [0.25, 0.3) is 0 Å². The molecule has 1 atom stereocenters. The molecule has 94 valence electrons. The monoisotopic (exact) mass is 228 g/mol. The Bertz CT molecular complexity index is 237. The number of nitrogens with zero attached hydrogens (tertiary/aromatic N) is 1. The molecule has 4 heteroatoms. The highest BCUT2D eigenvalue weighted by Gasteiger charge is 2.27. The van der Waals surface area contributed by atoms with E-state index in [1.165, 1.54) is 0 Å². The maximum atomic E-state index is 11.7.